The van der Waals surface area contributed by atoms with E-state index in [1.807, 2.05) is 0 Å². The quantitative estimate of drug-likeness (QED) is 0.473. The number of nitrogens with zero attached hydrogens (tertiary/aromatic N) is 1. The molecular formula is C31H32NO+. The number of ether oxygens (including phenoxy) is 1. The molecule has 1 aliphatic heterocycles. The molecule has 2 nitrogen and oxygen atoms in total. The average molecular weight is 435 g/mol. The SMILES string of the molecule is Cc1ccc(C2=CC(=CC=C3C=CC(=[N+](C)C)C=C3)OC(c3ccc(C)c(C)c3)=C2)cc1C. The van der Waals surface area contributed by atoms with E-state index in [9.17, 15) is 0 Å². The fourth-order valence-corrected chi connectivity index (χ4v) is 3.79. The minimum Gasteiger partial charge on any atom is -0.457 e. The monoisotopic (exact) mass is 434 g/mol. The lowest BCUT2D eigenvalue weighted by Gasteiger charge is -2.19. The van der Waals surface area contributed by atoms with Gasteiger partial charge in [0.15, 0.2) is 5.71 Å². The molecule has 0 radical (unpaired) electrons. The summed E-state index contributed by atoms with van der Waals surface area (Å²) in [7, 11) is 4.10. The summed E-state index contributed by atoms with van der Waals surface area (Å²) in [6.45, 7) is 8.59. The Balaban J connectivity index is 1.73. The summed E-state index contributed by atoms with van der Waals surface area (Å²) in [6, 6.07) is 13.1. The van der Waals surface area contributed by atoms with Crippen molar-refractivity contribution < 1.29 is 9.31 Å². The molecule has 0 unspecified atom stereocenters. The predicted molar refractivity (Wildman–Crippen MR) is 140 cm³/mol. The summed E-state index contributed by atoms with van der Waals surface area (Å²) < 4.78 is 8.47. The number of benzene rings is 2. The molecule has 2 heteroatoms. The predicted octanol–water partition coefficient (Wildman–Crippen LogP) is 7.02. The van der Waals surface area contributed by atoms with Gasteiger partial charge in [-0.2, -0.15) is 0 Å². The number of hydrogen-bond acceptors (Lipinski definition) is 1. The van der Waals surface area contributed by atoms with E-state index in [1.54, 1.807) is 0 Å². The van der Waals surface area contributed by atoms with Crippen LogP contribution in [0.3, 0.4) is 0 Å². The average Bonchev–Trinajstić information content (AvgIpc) is 2.81. The summed E-state index contributed by atoms with van der Waals surface area (Å²) in [5.74, 6) is 1.70. The summed E-state index contributed by atoms with van der Waals surface area (Å²) >= 11 is 0. The Morgan fingerprint density at radius 2 is 1.27 bits per heavy atom. The third kappa shape index (κ3) is 5.23. The van der Waals surface area contributed by atoms with Crippen LogP contribution in [0.5, 0.6) is 0 Å². The first-order valence-corrected chi connectivity index (χ1v) is 11.4. The minimum atomic E-state index is 0.829. The van der Waals surface area contributed by atoms with Crippen molar-refractivity contribution in [1.29, 1.82) is 0 Å². The molecular weight excluding hydrogens is 402 g/mol. The van der Waals surface area contributed by atoms with E-state index >= 15 is 0 Å². The number of rotatable bonds is 3. The van der Waals surface area contributed by atoms with Gasteiger partial charge in [-0.15, -0.1) is 0 Å². The molecule has 0 amide bonds. The lowest BCUT2D eigenvalue weighted by molar-refractivity contribution is -0.462. The Hall–Kier alpha value is -3.65. The zero-order valence-electron chi connectivity index (χ0n) is 20.4. The van der Waals surface area contributed by atoms with Crippen molar-refractivity contribution in [2.24, 2.45) is 0 Å². The molecule has 0 fully saturated rings. The third-order valence-corrected chi connectivity index (χ3v) is 6.29. The first kappa shape index (κ1) is 22.5. The Kier molecular flexibility index (Phi) is 6.46. The number of hydrogen-bond donors (Lipinski definition) is 0. The molecule has 1 heterocycles. The molecule has 2 aromatic rings. The lowest BCUT2D eigenvalue weighted by Crippen LogP contribution is -2.09. The standard InChI is InChI=1S/C31H32NO/c1-21-7-12-26(17-23(21)3)28-19-30(16-11-25-9-14-29(15-10-25)32(5)6)33-31(20-28)27-13-8-22(2)24(4)18-27/h7-20H,1-6H3/q+1. The molecule has 33 heavy (non-hydrogen) atoms. The zero-order chi connectivity index (χ0) is 23.5. The topological polar surface area (TPSA) is 12.2 Å². The van der Waals surface area contributed by atoms with Crippen LogP contribution in [0.4, 0.5) is 0 Å². The van der Waals surface area contributed by atoms with Gasteiger partial charge in [-0.3, -0.25) is 0 Å². The van der Waals surface area contributed by atoms with Gasteiger partial charge in [0.1, 0.15) is 25.6 Å². The van der Waals surface area contributed by atoms with Crippen LogP contribution < -0.4 is 0 Å². The first-order chi connectivity index (χ1) is 15.8. The van der Waals surface area contributed by atoms with Gasteiger partial charge in [-0.25, -0.2) is 4.58 Å². The minimum absolute atomic E-state index is 0.829. The maximum atomic E-state index is 6.36. The van der Waals surface area contributed by atoms with E-state index in [2.05, 4.69) is 131 Å². The highest BCUT2D eigenvalue weighted by Gasteiger charge is 2.15. The molecule has 166 valence electrons. The van der Waals surface area contributed by atoms with Crippen molar-refractivity contribution in [3.8, 4) is 0 Å². The van der Waals surface area contributed by atoms with Gasteiger partial charge in [0.05, 0.1) is 0 Å². The van der Waals surface area contributed by atoms with Gasteiger partial charge in [-0.05, 0) is 103 Å². The van der Waals surface area contributed by atoms with Crippen LogP contribution in [0.1, 0.15) is 33.4 Å². The molecule has 2 aromatic carbocycles. The Labute approximate surface area is 197 Å². The maximum absolute atomic E-state index is 6.36. The van der Waals surface area contributed by atoms with Crippen molar-refractivity contribution in [2.75, 3.05) is 14.1 Å². The molecule has 0 bridgehead atoms. The molecule has 4 rings (SSSR count). The summed E-state index contributed by atoms with van der Waals surface area (Å²) in [5, 5.41) is 0. The molecule has 0 saturated carbocycles. The first-order valence-electron chi connectivity index (χ1n) is 11.4. The van der Waals surface area contributed by atoms with Crippen LogP contribution in [0, 0.1) is 27.7 Å². The van der Waals surface area contributed by atoms with Crippen LogP contribution in [0.25, 0.3) is 11.3 Å². The second-order valence-corrected chi connectivity index (χ2v) is 9.03. The van der Waals surface area contributed by atoms with Crippen molar-refractivity contribution in [2.45, 2.75) is 27.7 Å². The van der Waals surface area contributed by atoms with E-state index in [0.29, 0.717) is 0 Å². The Morgan fingerprint density at radius 1 is 0.667 bits per heavy atom. The fourth-order valence-electron chi connectivity index (χ4n) is 3.79. The van der Waals surface area contributed by atoms with Gasteiger partial charge in [0, 0.05) is 17.7 Å². The van der Waals surface area contributed by atoms with Gasteiger partial charge < -0.3 is 4.74 Å². The van der Waals surface area contributed by atoms with Crippen LogP contribution in [-0.4, -0.2) is 24.4 Å². The molecule has 0 spiro atoms. The van der Waals surface area contributed by atoms with E-state index < -0.39 is 0 Å². The zero-order valence-corrected chi connectivity index (χ0v) is 20.4. The molecule has 0 saturated heterocycles. The highest BCUT2D eigenvalue weighted by Crippen LogP contribution is 2.33. The van der Waals surface area contributed by atoms with E-state index in [0.717, 1.165) is 28.2 Å². The second-order valence-electron chi connectivity index (χ2n) is 9.03. The van der Waals surface area contributed by atoms with Crippen LogP contribution in [0.2, 0.25) is 0 Å². The normalized spacial score (nSPS) is 16.5. The van der Waals surface area contributed by atoms with Crippen LogP contribution in [0.15, 0.2) is 96.3 Å². The van der Waals surface area contributed by atoms with Crippen molar-refractivity contribution >= 4 is 17.0 Å². The van der Waals surface area contributed by atoms with E-state index in [-0.39, 0.29) is 0 Å². The van der Waals surface area contributed by atoms with Crippen LogP contribution >= 0.6 is 0 Å². The number of allylic oxidation sites excluding steroid dienone is 10. The van der Waals surface area contributed by atoms with Gasteiger partial charge in [0.2, 0.25) is 0 Å². The van der Waals surface area contributed by atoms with E-state index in [1.165, 1.54) is 33.5 Å². The Bertz CT molecular complexity index is 1300. The highest BCUT2D eigenvalue weighted by molar-refractivity contribution is 6.02. The fraction of sp³-hybridized carbons (Fsp3) is 0.194. The van der Waals surface area contributed by atoms with Gasteiger partial charge >= 0.3 is 0 Å². The highest BCUT2D eigenvalue weighted by atomic mass is 16.5. The summed E-state index contributed by atoms with van der Waals surface area (Å²) in [4.78, 5) is 0. The van der Waals surface area contributed by atoms with Gasteiger partial charge in [0.25, 0.3) is 0 Å². The molecule has 2 aliphatic rings. The largest absolute Gasteiger partial charge is 0.457 e. The van der Waals surface area contributed by atoms with Gasteiger partial charge in [-0.1, -0.05) is 36.4 Å². The summed E-state index contributed by atoms with van der Waals surface area (Å²) in [5.41, 5.74) is 10.9. The maximum Gasteiger partial charge on any atom is 0.199 e. The van der Waals surface area contributed by atoms with E-state index in [4.69, 9.17) is 4.74 Å². The molecule has 1 aliphatic carbocycles. The molecule has 0 aromatic heterocycles. The summed E-state index contributed by atoms with van der Waals surface area (Å²) in [6.07, 6.45) is 16.9. The number of aryl methyl sites for hydroxylation is 4. The second kappa shape index (κ2) is 9.46. The van der Waals surface area contributed by atoms with Crippen molar-refractivity contribution in [3.63, 3.8) is 0 Å². The Morgan fingerprint density at radius 3 is 1.88 bits per heavy atom. The molecule has 0 atom stereocenters. The lowest BCUT2D eigenvalue weighted by atomic mass is 9.96. The smallest absolute Gasteiger partial charge is 0.199 e. The van der Waals surface area contributed by atoms with Crippen molar-refractivity contribution in [1.82, 2.24) is 0 Å². The van der Waals surface area contributed by atoms with Crippen molar-refractivity contribution in [3.05, 3.63) is 130 Å². The molecule has 0 N–H and O–H groups in total. The van der Waals surface area contributed by atoms with Crippen LogP contribution in [-0.2, 0) is 4.74 Å². The third-order valence-electron chi connectivity index (χ3n) is 6.29.